The molecule has 1 aromatic carbocycles. The van der Waals surface area contributed by atoms with Gasteiger partial charge < -0.3 is 19.5 Å². The maximum atomic E-state index is 5.77. The number of hydrogen-bond acceptors (Lipinski definition) is 4. The fraction of sp³-hybridized carbons (Fsp3) is 0.625. The third-order valence-electron chi connectivity index (χ3n) is 3.53. The van der Waals surface area contributed by atoms with Crippen molar-refractivity contribution in [3.8, 4) is 11.5 Å². The van der Waals surface area contributed by atoms with Crippen LogP contribution in [0.2, 0.25) is 0 Å². The molecular weight excluding hydrogens is 254 g/mol. The van der Waals surface area contributed by atoms with Crippen LogP contribution in [0.4, 0.5) is 5.69 Å². The quantitative estimate of drug-likeness (QED) is 0.896. The predicted octanol–water partition coefficient (Wildman–Crippen LogP) is 3.46. The summed E-state index contributed by atoms with van der Waals surface area (Å²) in [7, 11) is 1.67. The summed E-state index contributed by atoms with van der Waals surface area (Å²) in [5, 5.41) is 3.57. The van der Waals surface area contributed by atoms with Gasteiger partial charge in [0.15, 0.2) is 11.5 Å². The first kappa shape index (κ1) is 15.0. The van der Waals surface area contributed by atoms with Crippen molar-refractivity contribution in [3.05, 3.63) is 18.2 Å². The second-order valence-electron chi connectivity index (χ2n) is 5.37. The van der Waals surface area contributed by atoms with E-state index in [-0.39, 0.29) is 0 Å². The van der Waals surface area contributed by atoms with E-state index in [2.05, 4.69) is 19.2 Å². The van der Waals surface area contributed by atoms with E-state index >= 15 is 0 Å². The zero-order chi connectivity index (χ0) is 14.5. The molecule has 2 rings (SSSR count). The minimum Gasteiger partial charge on any atom is -0.493 e. The average Bonchev–Trinajstić information content (AvgIpc) is 2.39. The number of nitrogens with one attached hydrogen (secondary N) is 1. The van der Waals surface area contributed by atoms with E-state index in [1.54, 1.807) is 7.11 Å². The van der Waals surface area contributed by atoms with Gasteiger partial charge in [-0.05, 0) is 45.7 Å². The van der Waals surface area contributed by atoms with Crippen LogP contribution in [0, 0.1) is 0 Å². The Balaban J connectivity index is 2.05. The molecular formula is C16H25NO3. The molecule has 1 aromatic rings. The summed E-state index contributed by atoms with van der Waals surface area (Å²) >= 11 is 0. The highest BCUT2D eigenvalue weighted by Crippen LogP contribution is 2.31. The molecule has 0 saturated carbocycles. The van der Waals surface area contributed by atoms with Gasteiger partial charge in [-0.1, -0.05) is 0 Å². The lowest BCUT2D eigenvalue weighted by molar-refractivity contribution is -0.0337. The van der Waals surface area contributed by atoms with E-state index < -0.39 is 0 Å². The maximum Gasteiger partial charge on any atom is 0.162 e. The minimum absolute atomic E-state index is 0.306. The Hall–Kier alpha value is -1.42. The molecule has 0 amide bonds. The van der Waals surface area contributed by atoms with Crippen molar-refractivity contribution < 1.29 is 14.2 Å². The first-order valence-electron chi connectivity index (χ1n) is 7.35. The summed E-state index contributed by atoms with van der Waals surface area (Å²) in [6, 6.07) is 6.43. The van der Waals surface area contributed by atoms with Gasteiger partial charge in [0.2, 0.25) is 0 Å². The van der Waals surface area contributed by atoms with Gasteiger partial charge in [-0.3, -0.25) is 0 Å². The van der Waals surface area contributed by atoms with E-state index in [0.29, 0.717) is 24.9 Å². The fourth-order valence-corrected chi connectivity index (χ4v) is 2.79. The fourth-order valence-electron chi connectivity index (χ4n) is 2.79. The van der Waals surface area contributed by atoms with Gasteiger partial charge in [-0.2, -0.15) is 0 Å². The normalized spacial score (nSPS) is 26.1. The first-order valence-corrected chi connectivity index (χ1v) is 7.35. The van der Waals surface area contributed by atoms with Crippen molar-refractivity contribution in [1.29, 1.82) is 0 Å². The van der Waals surface area contributed by atoms with Crippen LogP contribution in [0.15, 0.2) is 18.2 Å². The van der Waals surface area contributed by atoms with E-state index in [1.165, 1.54) is 0 Å². The van der Waals surface area contributed by atoms with Crippen molar-refractivity contribution >= 4 is 5.69 Å². The Bertz CT molecular complexity index is 426. The van der Waals surface area contributed by atoms with Crippen molar-refractivity contribution in [2.24, 2.45) is 0 Å². The third-order valence-corrected chi connectivity index (χ3v) is 3.53. The molecule has 0 bridgehead atoms. The highest BCUT2D eigenvalue weighted by Gasteiger charge is 2.24. The molecule has 0 aromatic heterocycles. The number of benzene rings is 1. The molecule has 0 spiro atoms. The van der Waals surface area contributed by atoms with Gasteiger partial charge in [0.05, 0.1) is 25.9 Å². The molecule has 4 heteroatoms. The van der Waals surface area contributed by atoms with Crippen LogP contribution >= 0.6 is 0 Å². The Morgan fingerprint density at radius 1 is 1.20 bits per heavy atom. The lowest BCUT2D eigenvalue weighted by atomic mass is 9.99. The Morgan fingerprint density at radius 3 is 2.50 bits per heavy atom. The third kappa shape index (κ3) is 3.79. The summed E-state index contributed by atoms with van der Waals surface area (Å²) < 4.78 is 16.7. The van der Waals surface area contributed by atoms with Crippen LogP contribution < -0.4 is 14.8 Å². The van der Waals surface area contributed by atoms with E-state index in [4.69, 9.17) is 14.2 Å². The number of rotatable bonds is 5. The van der Waals surface area contributed by atoms with Gasteiger partial charge in [-0.15, -0.1) is 0 Å². The minimum atomic E-state index is 0.306. The van der Waals surface area contributed by atoms with Crippen LogP contribution in [-0.4, -0.2) is 32.0 Å². The molecule has 1 heterocycles. The van der Waals surface area contributed by atoms with Gasteiger partial charge in [0, 0.05) is 17.8 Å². The van der Waals surface area contributed by atoms with Gasteiger partial charge in [0.25, 0.3) is 0 Å². The van der Waals surface area contributed by atoms with Crippen molar-refractivity contribution in [2.75, 3.05) is 19.0 Å². The molecule has 0 aliphatic carbocycles. The Kier molecular flexibility index (Phi) is 5.12. The molecule has 0 radical (unpaired) electrons. The van der Waals surface area contributed by atoms with Crippen molar-refractivity contribution in [3.63, 3.8) is 0 Å². The summed E-state index contributed by atoms with van der Waals surface area (Å²) in [5.41, 5.74) is 1.07. The highest BCUT2D eigenvalue weighted by molar-refractivity contribution is 5.55. The molecule has 2 unspecified atom stereocenters. The number of anilines is 1. The van der Waals surface area contributed by atoms with E-state index in [0.717, 1.165) is 30.0 Å². The average molecular weight is 279 g/mol. The van der Waals surface area contributed by atoms with E-state index in [9.17, 15) is 0 Å². The highest BCUT2D eigenvalue weighted by atomic mass is 16.5. The number of ether oxygens (including phenoxy) is 3. The van der Waals surface area contributed by atoms with Crippen molar-refractivity contribution in [2.45, 2.75) is 51.9 Å². The van der Waals surface area contributed by atoms with Crippen LogP contribution in [-0.2, 0) is 4.74 Å². The summed E-state index contributed by atoms with van der Waals surface area (Å²) in [6.07, 6.45) is 2.67. The van der Waals surface area contributed by atoms with Gasteiger partial charge >= 0.3 is 0 Å². The van der Waals surface area contributed by atoms with Crippen LogP contribution in [0.25, 0.3) is 0 Å². The maximum absolute atomic E-state index is 5.77. The molecule has 1 aliphatic rings. The van der Waals surface area contributed by atoms with Crippen LogP contribution in [0.5, 0.6) is 11.5 Å². The number of hydrogen-bond donors (Lipinski definition) is 1. The summed E-state index contributed by atoms with van der Waals surface area (Å²) in [5.74, 6) is 1.55. The largest absolute Gasteiger partial charge is 0.493 e. The molecule has 4 nitrogen and oxygen atoms in total. The Labute approximate surface area is 121 Å². The number of methoxy groups -OCH3 is 1. The zero-order valence-corrected chi connectivity index (χ0v) is 12.8. The van der Waals surface area contributed by atoms with Crippen LogP contribution in [0.1, 0.15) is 33.6 Å². The molecule has 1 fully saturated rings. The van der Waals surface area contributed by atoms with Gasteiger partial charge in [-0.25, -0.2) is 0 Å². The molecule has 2 atom stereocenters. The summed E-state index contributed by atoms with van der Waals surface area (Å²) in [6.45, 7) is 6.86. The summed E-state index contributed by atoms with van der Waals surface area (Å²) in [4.78, 5) is 0. The topological polar surface area (TPSA) is 39.7 Å². The smallest absolute Gasteiger partial charge is 0.162 e. The second kappa shape index (κ2) is 6.84. The van der Waals surface area contributed by atoms with Crippen LogP contribution in [0.3, 0.4) is 0 Å². The second-order valence-corrected chi connectivity index (χ2v) is 5.37. The lowest BCUT2D eigenvalue weighted by Gasteiger charge is -2.33. The van der Waals surface area contributed by atoms with Gasteiger partial charge in [0.1, 0.15) is 0 Å². The zero-order valence-electron chi connectivity index (χ0n) is 12.8. The molecule has 1 saturated heterocycles. The van der Waals surface area contributed by atoms with E-state index in [1.807, 2.05) is 25.1 Å². The lowest BCUT2D eigenvalue weighted by Crippen LogP contribution is -2.36. The monoisotopic (exact) mass is 279 g/mol. The molecule has 112 valence electrons. The standard InChI is InChI=1S/C16H25NO3/c1-5-19-15-7-6-13(10-16(15)18-4)17-14-8-11(2)20-12(3)9-14/h6-7,10-12,14,17H,5,8-9H2,1-4H3. The Morgan fingerprint density at radius 2 is 1.90 bits per heavy atom. The molecule has 20 heavy (non-hydrogen) atoms. The SMILES string of the molecule is CCOc1ccc(NC2CC(C)OC(C)C2)cc1OC. The predicted molar refractivity (Wildman–Crippen MR) is 80.8 cm³/mol. The molecule has 1 N–H and O–H groups in total. The first-order chi connectivity index (χ1) is 9.62. The molecule has 1 aliphatic heterocycles. The van der Waals surface area contributed by atoms with Crippen molar-refractivity contribution in [1.82, 2.24) is 0 Å².